The molecule has 4 rings (SSSR count). The number of allylic oxidation sites excluding steroid dienone is 2. The fraction of sp³-hybridized carbons (Fsp3) is 0.286. The number of ether oxygens (including phenoxy) is 1. The van der Waals surface area contributed by atoms with Crippen LogP contribution in [0.5, 0.6) is 5.75 Å². The van der Waals surface area contributed by atoms with E-state index in [1.165, 1.54) is 6.07 Å². The van der Waals surface area contributed by atoms with Gasteiger partial charge in [0.1, 0.15) is 11.8 Å². The number of nitriles is 1. The molecule has 0 bridgehead atoms. The molecular formula is C21H16ClF3N2O. The molecule has 0 saturated carbocycles. The van der Waals surface area contributed by atoms with Crippen LogP contribution in [0.15, 0.2) is 48.6 Å². The summed E-state index contributed by atoms with van der Waals surface area (Å²) in [6.45, 7) is -0.0428. The summed E-state index contributed by atoms with van der Waals surface area (Å²) in [5.74, 6) is 0.170. The molecule has 1 aliphatic heterocycles. The standard InChI is InChI=1S/C21H16ClF3N2O/c22-17-9-8-16(21(23,24)25)18-14-2-1-3-15(14)19(27-20(17)18)12-4-6-13(7-5-12)28-11-10-26/h1-2,4-9,14-15,19,27H,3,11H2/t14-,15+,19-/m0/s1. The van der Waals surface area contributed by atoms with Crippen LogP contribution in [0.2, 0.25) is 5.02 Å². The molecule has 0 amide bonds. The highest BCUT2D eigenvalue weighted by Crippen LogP contribution is 2.54. The Morgan fingerprint density at radius 2 is 1.93 bits per heavy atom. The SMILES string of the molecule is N#CCOc1ccc([C@@H]2Nc3c(Cl)ccc(C(F)(F)F)c3[C@H]3C=CC[C@H]32)cc1. The summed E-state index contributed by atoms with van der Waals surface area (Å²) in [5.41, 5.74) is 0.866. The molecule has 1 N–H and O–H groups in total. The van der Waals surface area contributed by atoms with Gasteiger partial charge in [-0.1, -0.05) is 35.9 Å². The lowest BCUT2D eigenvalue weighted by molar-refractivity contribution is -0.138. The highest BCUT2D eigenvalue weighted by molar-refractivity contribution is 6.33. The van der Waals surface area contributed by atoms with Crippen molar-refractivity contribution in [1.29, 1.82) is 5.26 Å². The van der Waals surface area contributed by atoms with Crippen molar-refractivity contribution >= 4 is 17.3 Å². The summed E-state index contributed by atoms with van der Waals surface area (Å²) < 4.78 is 46.1. The van der Waals surface area contributed by atoms with Gasteiger partial charge in [-0.3, -0.25) is 0 Å². The third-order valence-corrected chi connectivity index (χ3v) is 5.63. The largest absolute Gasteiger partial charge is 0.479 e. The summed E-state index contributed by atoms with van der Waals surface area (Å²) in [6.07, 6.45) is 0.0278. The monoisotopic (exact) mass is 404 g/mol. The molecule has 28 heavy (non-hydrogen) atoms. The van der Waals surface area contributed by atoms with E-state index in [9.17, 15) is 13.2 Å². The van der Waals surface area contributed by atoms with Crippen LogP contribution in [0, 0.1) is 17.2 Å². The number of nitrogens with zero attached hydrogens (tertiary/aromatic N) is 1. The molecule has 7 heteroatoms. The number of benzene rings is 2. The molecule has 2 aromatic rings. The first-order chi connectivity index (χ1) is 13.4. The molecule has 0 radical (unpaired) electrons. The average molecular weight is 405 g/mol. The molecular weight excluding hydrogens is 389 g/mol. The number of halogens is 4. The van der Waals surface area contributed by atoms with Crippen molar-refractivity contribution < 1.29 is 17.9 Å². The van der Waals surface area contributed by atoms with Crippen molar-refractivity contribution in [2.75, 3.05) is 11.9 Å². The number of hydrogen-bond donors (Lipinski definition) is 1. The number of rotatable bonds is 3. The van der Waals surface area contributed by atoms with Crippen LogP contribution in [-0.4, -0.2) is 6.61 Å². The maximum atomic E-state index is 13.6. The summed E-state index contributed by atoms with van der Waals surface area (Å²) in [5, 5.41) is 12.1. The second-order valence-electron chi connectivity index (χ2n) is 6.87. The topological polar surface area (TPSA) is 45.0 Å². The minimum atomic E-state index is -4.44. The quantitative estimate of drug-likeness (QED) is 0.630. The number of anilines is 1. The number of fused-ring (bicyclic) bond motifs is 3. The van der Waals surface area contributed by atoms with E-state index >= 15 is 0 Å². The van der Waals surface area contributed by atoms with E-state index in [0.717, 1.165) is 11.6 Å². The van der Waals surface area contributed by atoms with Gasteiger partial charge in [0, 0.05) is 5.92 Å². The zero-order valence-electron chi connectivity index (χ0n) is 14.6. The predicted octanol–water partition coefficient (Wildman–Crippen LogP) is 6.09. The van der Waals surface area contributed by atoms with Gasteiger partial charge >= 0.3 is 6.18 Å². The van der Waals surface area contributed by atoms with Crippen molar-refractivity contribution in [2.24, 2.45) is 5.92 Å². The Balaban J connectivity index is 1.74. The Hall–Kier alpha value is -2.65. The van der Waals surface area contributed by atoms with Crippen LogP contribution in [0.25, 0.3) is 0 Å². The van der Waals surface area contributed by atoms with Crippen LogP contribution in [0.1, 0.15) is 35.1 Å². The van der Waals surface area contributed by atoms with E-state index < -0.39 is 11.7 Å². The van der Waals surface area contributed by atoms with Gasteiger partial charge in [0.05, 0.1) is 22.3 Å². The molecule has 0 spiro atoms. The number of hydrogen-bond acceptors (Lipinski definition) is 3. The van der Waals surface area contributed by atoms with Gasteiger partial charge < -0.3 is 10.1 Å². The zero-order chi connectivity index (χ0) is 19.9. The van der Waals surface area contributed by atoms with Crippen LogP contribution in [0.3, 0.4) is 0 Å². The first-order valence-corrected chi connectivity index (χ1v) is 9.20. The fourth-order valence-corrected chi connectivity index (χ4v) is 4.36. The maximum absolute atomic E-state index is 13.6. The van der Waals surface area contributed by atoms with E-state index in [1.807, 2.05) is 30.4 Å². The Bertz CT molecular complexity index is 963. The van der Waals surface area contributed by atoms with Gasteiger partial charge in [-0.15, -0.1) is 0 Å². The maximum Gasteiger partial charge on any atom is 0.416 e. The van der Waals surface area contributed by atoms with Crippen molar-refractivity contribution in [1.82, 2.24) is 0 Å². The van der Waals surface area contributed by atoms with Crippen LogP contribution in [-0.2, 0) is 6.18 Å². The Labute approximate surface area is 165 Å². The van der Waals surface area contributed by atoms with Gasteiger partial charge in [-0.05, 0) is 47.7 Å². The highest BCUT2D eigenvalue weighted by atomic mass is 35.5. The summed E-state index contributed by atoms with van der Waals surface area (Å²) in [7, 11) is 0. The van der Waals surface area contributed by atoms with Gasteiger partial charge in [0.15, 0.2) is 6.61 Å². The van der Waals surface area contributed by atoms with Gasteiger partial charge in [0.25, 0.3) is 0 Å². The molecule has 2 aliphatic rings. The first-order valence-electron chi connectivity index (χ1n) is 8.82. The highest BCUT2D eigenvalue weighted by Gasteiger charge is 2.44. The molecule has 0 saturated heterocycles. The van der Waals surface area contributed by atoms with Crippen molar-refractivity contribution in [2.45, 2.75) is 24.6 Å². The average Bonchev–Trinajstić information content (AvgIpc) is 3.15. The lowest BCUT2D eigenvalue weighted by Crippen LogP contribution is -2.31. The van der Waals surface area contributed by atoms with E-state index in [1.54, 1.807) is 12.1 Å². The van der Waals surface area contributed by atoms with Crippen LogP contribution < -0.4 is 10.1 Å². The van der Waals surface area contributed by atoms with Crippen molar-refractivity contribution in [3.63, 3.8) is 0 Å². The third kappa shape index (κ3) is 3.20. The molecule has 0 unspecified atom stereocenters. The first kappa shape index (κ1) is 18.7. The predicted molar refractivity (Wildman–Crippen MR) is 100 cm³/mol. The lowest BCUT2D eigenvalue weighted by atomic mass is 9.75. The van der Waals surface area contributed by atoms with Crippen molar-refractivity contribution in [3.05, 3.63) is 70.3 Å². The smallest absolute Gasteiger partial charge is 0.416 e. The van der Waals surface area contributed by atoms with Crippen LogP contribution >= 0.6 is 11.6 Å². The number of nitrogens with one attached hydrogen (secondary N) is 1. The third-order valence-electron chi connectivity index (χ3n) is 5.32. The fourth-order valence-electron chi connectivity index (χ4n) is 4.14. The zero-order valence-corrected chi connectivity index (χ0v) is 15.4. The molecule has 2 aromatic carbocycles. The molecule has 1 heterocycles. The molecule has 3 nitrogen and oxygen atoms in total. The second-order valence-corrected chi connectivity index (χ2v) is 7.28. The molecule has 144 valence electrons. The van der Waals surface area contributed by atoms with Crippen LogP contribution in [0.4, 0.5) is 18.9 Å². The lowest BCUT2D eigenvalue weighted by Gasteiger charge is -2.39. The normalized spacial score (nSPS) is 22.8. The van der Waals surface area contributed by atoms with Gasteiger partial charge in [-0.2, -0.15) is 18.4 Å². The molecule has 0 aromatic heterocycles. The minimum absolute atomic E-state index is 0.0428. The van der Waals surface area contributed by atoms with Gasteiger partial charge in [0.2, 0.25) is 0 Å². The van der Waals surface area contributed by atoms with E-state index in [0.29, 0.717) is 17.9 Å². The van der Waals surface area contributed by atoms with Gasteiger partial charge in [-0.25, -0.2) is 0 Å². The molecule has 0 fully saturated rings. The molecule has 1 aliphatic carbocycles. The summed E-state index contributed by atoms with van der Waals surface area (Å²) in [6, 6.07) is 11.3. The second kappa shape index (κ2) is 7.06. The minimum Gasteiger partial charge on any atom is -0.479 e. The number of alkyl halides is 3. The Kier molecular flexibility index (Phi) is 4.72. The van der Waals surface area contributed by atoms with Crippen molar-refractivity contribution in [3.8, 4) is 11.8 Å². The Morgan fingerprint density at radius 1 is 1.18 bits per heavy atom. The van der Waals surface area contributed by atoms with E-state index in [-0.39, 0.29) is 35.1 Å². The van der Waals surface area contributed by atoms with E-state index in [2.05, 4.69) is 5.32 Å². The summed E-state index contributed by atoms with van der Waals surface area (Å²) >= 11 is 6.29. The Morgan fingerprint density at radius 3 is 2.61 bits per heavy atom. The summed E-state index contributed by atoms with van der Waals surface area (Å²) in [4.78, 5) is 0. The van der Waals surface area contributed by atoms with E-state index in [4.69, 9.17) is 21.6 Å². The molecule has 3 atom stereocenters.